The van der Waals surface area contributed by atoms with E-state index in [1.807, 2.05) is 0 Å². The van der Waals surface area contributed by atoms with Crippen molar-refractivity contribution >= 4 is 5.91 Å². The van der Waals surface area contributed by atoms with Gasteiger partial charge in [0, 0.05) is 30.6 Å². The second kappa shape index (κ2) is 7.00. The zero-order valence-electron chi connectivity index (χ0n) is 12.8. The number of nitrogens with zero attached hydrogens (tertiary/aromatic N) is 2. The van der Waals surface area contributed by atoms with E-state index in [0.29, 0.717) is 11.3 Å². The highest BCUT2D eigenvalue weighted by Crippen LogP contribution is 2.14. The molecule has 0 atom stereocenters. The maximum atomic E-state index is 13.2. The molecule has 0 saturated heterocycles. The van der Waals surface area contributed by atoms with Crippen LogP contribution in [0.25, 0.3) is 11.3 Å². The SMILES string of the molecule is O=C(NCc1cc(F)cc(F)c1)c1cc(-c2ccncc2)n[nH]c1=O. The van der Waals surface area contributed by atoms with Crippen molar-refractivity contribution in [1.29, 1.82) is 0 Å². The van der Waals surface area contributed by atoms with Crippen molar-refractivity contribution in [3.63, 3.8) is 0 Å². The summed E-state index contributed by atoms with van der Waals surface area (Å²) < 4.78 is 26.3. The molecule has 126 valence electrons. The minimum absolute atomic E-state index is 0.125. The number of carbonyl (C=O) groups excluding carboxylic acids is 1. The third-order valence-electron chi connectivity index (χ3n) is 3.40. The summed E-state index contributed by atoms with van der Waals surface area (Å²) in [7, 11) is 0. The number of aromatic nitrogens is 3. The number of hydrogen-bond donors (Lipinski definition) is 2. The highest BCUT2D eigenvalue weighted by Gasteiger charge is 2.13. The lowest BCUT2D eigenvalue weighted by molar-refractivity contribution is 0.0949. The van der Waals surface area contributed by atoms with E-state index in [9.17, 15) is 18.4 Å². The molecule has 2 heterocycles. The number of nitrogens with one attached hydrogen (secondary N) is 2. The largest absolute Gasteiger partial charge is 0.348 e. The molecule has 0 aliphatic rings. The number of aromatic amines is 1. The Hall–Kier alpha value is -3.42. The molecule has 1 aromatic carbocycles. The second-order valence-electron chi connectivity index (χ2n) is 5.19. The normalized spacial score (nSPS) is 10.5. The van der Waals surface area contributed by atoms with E-state index in [4.69, 9.17) is 0 Å². The maximum absolute atomic E-state index is 13.2. The van der Waals surface area contributed by atoms with Crippen LogP contribution in [0.15, 0.2) is 53.6 Å². The second-order valence-corrected chi connectivity index (χ2v) is 5.19. The number of pyridine rings is 1. The fourth-order valence-corrected chi connectivity index (χ4v) is 2.24. The number of amides is 1. The summed E-state index contributed by atoms with van der Waals surface area (Å²) >= 11 is 0. The van der Waals surface area contributed by atoms with E-state index >= 15 is 0 Å². The maximum Gasteiger partial charge on any atom is 0.277 e. The first kappa shape index (κ1) is 16.4. The van der Waals surface area contributed by atoms with E-state index < -0.39 is 23.1 Å². The van der Waals surface area contributed by atoms with Gasteiger partial charge in [0.25, 0.3) is 11.5 Å². The van der Waals surface area contributed by atoms with Gasteiger partial charge < -0.3 is 5.32 Å². The molecule has 2 N–H and O–H groups in total. The van der Waals surface area contributed by atoms with Gasteiger partial charge in [0.2, 0.25) is 0 Å². The lowest BCUT2D eigenvalue weighted by Crippen LogP contribution is -2.29. The average Bonchev–Trinajstić information content (AvgIpc) is 2.60. The van der Waals surface area contributed by atoms with Gasteiger partial charge in [-0.2, -0.15) is 5.10 Å². The van der Waals surface area contributed by atoms with Crippen LogP contribution in [0.5, 0.6) is 0 Å². The predicted molar refractivity (Wildman–Crippen MR) is 85.6 cm³/mol. The Balaban J connectivity index is 1.81. The Morgan fingerprint density at radius 2 is 1.76 bits per heavy atom. The van der Waals surface area contributed by atoms with Gasteiger partial charge in [0.05, 0.1) is 5.69 Å². The molecule has 2 aromatic heterocycles. The molecule has 0 aliphatic heterocycles. The van der Waals surface area contributed by atoms with Crippen LogP contribution in [0, 0.1) is 11.6 Å². The van der Waals surface area contributed by atoms with E-state index in [0.717, 1.165) is 18.2 Å². The Labute approximate surface area is 140 Å². The lowest BCUT2D eigenvalue weighted by atomic mass is 10.1. The third kappa shape index (κ3) is 3.92. The fourth-order valence-electron chi connectivity index (χ4n) is 2.24. The van der Waals surface area contributed by atoms with E-state index in [1.54, 1.807) is 24.5 Å². The van der Waals surface area contributed by atoms with Crippen molar-refractivity contribution in [2.24, 2.45) is 0 Å². The zero-order valence-corrected chi connectivity index (χ0v) is 12.8. The molecule has 0 spiro atoms. The van der Waals surface area contributed by atoms with E-state index in [1.165, 1.54) is 6.07 Å². The first-order valence-corrected chi connectivity index (χ1v) is 7.26. The van der Waals surface area contributed by atoms with Crippen molar-refractivity contribution in [2.45, 2.75) is 6.54 Å². The molecular weight excluding hydrogens is 330 g/mol. The Morgan fingerprint density at radius 1 is 1.08 bits per heavy atom. The lowest BCUT2D eigenvalue weighted by Gasteiger charge is -2.07. The van der Waals surface area contributed by atoms with Gasteiger partial charge in [-0.15, -0.1) is 0 Å². The summed E-state index contributed by atoms with van der Waals surface area (Å²) in [4.78, 5) is 28.0. The van der Waals surface area contributed by atoms with Gasteiger partial charge >= 0.3 is 0 Å². The summed E-state index contributed by atoms with van der Waals surface area (Å²) in [6.45, 7) is -0.125. The van der Waals surface area contributed by atoms with E-state index in [-0.39, 0.29) is 17.7 Å². The van der Waals surface area contributed by atoms with Crippen molar-refractivity contribution in [3.05, 3.63) is 81.9 Å². The summed E-state index contributed by atoms with van der Waals surface area (Å²) in [5.74, 6) is -2.17. The molecule has 0 bridgehead atoms. The van der Waals surface area contributed by atoms with Crippen molar-refractivity contribution in [2.75, 3.05) is 0 Å². The first-order chi connectivity index (χ1) is 12.0. The topological polar surface area (TPSA) is 87.7 Å². The van der Waals surface area contributed by atoms with Crippen LogP contribution in [0.1, 0.15) is 15.9 Å². The molecule has 3 aromatic rings. The minimum Gasteiger partial charge on any atom is -0.348 e. The summed E-state index contributed by atoms with van der Waals surface area (Å²) in [6, 6.07) is 7.64. The van der Waals surface area contributed by atoms with Crippen LogP contribution in [-0.2, 0) is 6.54 Å². The minimum atomic E-state index is -0.744. The summed E-state index contributed by atoms with van der Waals surface area (Å²) in [6.07, 6.45) is 3.11. The number of H-pyrrole nitrogens is 1. The van der Waals surface area contributed by atoms with Crippen LogP contribution in [0.3, 0.4) is 0 Å². The number of rotatable bonds is 4. The smallest absolute Gasteiger partial charge is 0.277 e. The highest BCUT2D eigenvalue weighted by molar-refractivity contribution is 5.94. The molecule has 0 unspecified atom stereocenters. The molecule has 6 nitrogen and oxygen atoms in total. The number of halogens is 2. The first-order valence-electron chi connectivity index (χ1n) is 7.26. The van der Waals surface area contributed by atoms with Crippen LogP contribution in [0.4, 0.5) is 8.78 Å². The Morgan fingerprint density at radius 3 is 2.44 bits per heavy atom. The van der Waals surface area contributed by atoms with Crippen LogP contribution in [0.2, 0.25) is 0 Å². The van der Waals surface area contributed by atoms with Crippen molar-refractivity contribution < 1.29 is 13.6 Å². The molecule has 0 saturated carbocycles. The average molecular weight is 342 g/mol. The van der Waals surface area contributed by atoms with Gasteiger partial charge in [-0.05, 0) is 35.9 Å². The Bertz CT molecular complexity index is 954. The molecule has 0 fully saturated rings. The third-order valence-corrected chi connectivity index (χ3v) is 3.40. The molecule has 0 radical (unpaired) electrons. The number of hydrogen-bond acceptors (Lipinski definition) is 4. The van der Waals surface area contributed by atoms with Gasteiger partial charge in [-0.25, -0.2) is 13.9 Å². The van der Waals surface area contributed by atoms with Crippen LogP contribution in [-0.4, -0.2) is 21.1 Å². The Kier molecular flexibility index (Phi) is 4.60. The summed E-state index contributed by atoms with van der Waals surface area (Å²) in [5.41, 5.74) is 0.488. The number of benzene rings is 1. The molecule has 1 amide bonds. The molecular formula is C17H12F2N4O2. The molecule has 8 heteroatoms. The predicted octanol–water partition coefficient (Wildman–Crippen LogP) is 2.04. The van der Waals surface area contributed by atoms with Crippen molar-refractivity contribution in [3.8, 4) is 11.3 Å². The molecule has 25 heavy (non-hydrogen) atoms. The van der Waals surface area contributed by atoms with Crippen LogP contribution < -0.4 is 10.9 Å². The van der Waals surface area contributed by atoms with Gasteiger partial charge in [-0.3, -0.25) is 14.6 Å². The van der Waals surface area contributed by atoms with Gasteiger partial charge in [-0.1, -0.05) is 0 Å². The summed E-state index contributed by atoms with van der Waals surface area (Å²) in [5, 5.41) is 8.60. The van der Waals surface area contributed by atoms with Crippen LogP contribution >= 0.6 is 0 Å². The standard InChI is InChI=1S/C17H12F2N4O2/c18-12-5-10(6-13(19)7-12)9-21-16(24)14-8-15(22-23-17(14)25)11-1-3-20-4-2-11/h1-8H,9H2,(H,21,24)(H,23,25). The van der Waals surface area contributed by atoms with Gasteiger partial charge in [0.1, 0.15) is 17.2 Å². The van der Waals surface area contributed by atoms with Crippen molar-refractivity contribution in [1.82, 2.24) is 20.5 Å². The highest BCUT2D eigenvalue weighted by atomic mass is 19.1. The monoisotopic (exact) mass is 342 g/mol. The fraction of sp³-hybridized carbons (Fsp3) is 0.0588. The molecule has 3 rings (SSSR count). The zero-order chi connectivity index (χ0) is 17.8. The quantitative estimate of drug-likeness (QED) is 0.759. The van der Waals surface area contributed by atoms with E-state index in [2.05, 4.69) is 20.5 Å². The number of carbonyl (C=O) groups is 1. The molecule has 0 aliphatic carbocycles. The van der Waals surface area contributed by atoms with Gasteiger partial charge in [0.15, 0.2) is 0 Å².